The summed E-state index contributed by atoms with van der Waals surface area (Å²) in [6, 6.07) is 18.2. The van der Waals surface area contributed by atoms with Gasteiger partial charge in [0.1, 0.15) is 18.5 Å². The Kier molecular flexibility index (Phi) is 11.1. The van der Waals surface area contributed by atoms with Crippen molar-refractivity contribution in [2.45, 2.75) is 45.7 Å². The van der Waals surface area contributed by atoms with Gasteiger partial charge < -0.3 is 30.3 Å². The van der Waals surface area contributed by atoms with Crippen molar-refractivity contribution >= 4 is 69.1 Å². The van der Waals surface area contributed by atoms with E-state index < -0.39 is 29.7 Å². The fourth-order valence-corrected chi connectivity index (χ4v) is 7.76. The lowest BCUT2D eigenvalue weighted by Crippen LogP contribution is -2.54. The summed E-state index contributed by atoms with van der Waals surface area (Å²) in [4.78, 5) is 70.4. The Hall–Kier alpha value is -6.65. The van der Waals surface area contributed by atoms with E-state index in [2.05, 4.69) is 59.4 Å². The molecule has 3 aliphatic rings. The molecule has 0 saturated carbocycles. The fourth-order valence-electron chi connectivity index (χ4n) is 7.76. The maximum Gasteiger partial charge on any atom is 0.262 e. The van der Waals surface area contributed by atoms with E-state index in [1.165, 1.54) is 5.56 Å². The van der Waals surface area contributed by atoms with Gasteiger partial charge in [0.25, 0.3) is 11.8 Å². The van der Waals surface area contributed by atoms with Crippen molar-refractivity contribution in [2.24, 2.45) is 7.05 Å². The number of pyridine rings is 1. The minimum absolute atomic E-state index is 0.0541. The lowest BCUT2D eigenvalue weighted by Gasteiger charge is -2.29. The van der Waals surface area contributed by atoms with Crippen LogP contribution in [0, 0.1) is 13.8 Å². The number of piperidine rings is 1. The van der Waals surface area contributed by atoms with Crippen LogP contribution >= 0.6 is 0 Å². The van der Waals surface area contributed by atoms with Crippen LogP contribution < -0.4 is 21.3 Å². The minimum atomic E-state index is -1.01. The van der Waals surface area contributed by atoms with E-state index in [0.717, 1.165) is 56.1 Å². The molecule has 1 atom stereocenters. The molecule has 59 heavy (non-hydrogen) atoms. The van der Waals surface area contributed by atoms with Crippen LogP contribution in [0.15, 0.2) is 66.9 Å². The number of nitrogens with one attached hydrogen (secondary N) is 4. The highest BCUT2D eigenvalue weighted by Gasteiger charge is 2.44. The molecule has 4 N–H and O–H groups in total. The quantitative estimate of drug-likeness (QED) is 0.0911. The van der Waals surface area contributed by atoms with E-state index in [0.29, 0.717) is 37.7 Å². The minimum Gasteiger partial charge on any atom is -0.383 e. The zero-order chi connectivity index (χ0) is 41.2. The summed E-state index contributed by atoms with van der Waals surface area (Å²) in [7, 11) is 1.92. The Morgan fingerprint density at radius 3 is 2.46 bits per heavy atom. The van der Waals surface area contributed by atoms with Crippen molar-refractivity contribution in [1.29, 1.82) is 0 Å². The Morgan fingerprint density at radius 2 is 1.64 bits per heavy atom. The van der Waals surface area contributed by atoms with Gasteiger partial charge in [-0.15, -0.1) is 0 Å². The summed E-state index contributed by atoms with van der Waals surface area (Å²) in [5, 5.41) is 17.9. The predicted octanol–water partition coefficient (Wildman–Crippen LogP) is 4.50. The summed E-state index contributed by atoms with van der Waals surface area (Å²) >= 11 is 0. The highest BCUT2D eigenvalue weighted by atomic mass is 16.5. The van der Waals surface area contributed by atoms with Crippen LogP contribution in [0.2, 0.25) is 0 Å². The van der Waals surface area contributed by atoms with Gasteiger partial charge in [0.15, 0.2) is 5.82 Å². The number of imide groups is 2. The number of carbonyl (C=O) groups is 5. The second kappa shape index (κ2) is 16.7. The molecule has 304 valence electrons. The van der Waals surface area contributed by atoms with Gasteiger partial charge in [-0.25, -0.2) is 4.98 Å². The van der Waals surface area contributed by atoms with Crippen LogP contribution in [0.3, 0.4) is 0 Å². The van der Waals surface area contributed by atoms with E-state index >= 15 is 0 Å². The molecular weight excluding hydrogens is 755 g/mol. The number of fused-ring (bicyclic) bond motifs is 3. The number of hydrogen-bond acceptors (Lipinski definition) is 12. The molecule has 8 rings (SSSR count). The highest BCUT2D eigenvalue weighted by molar-refractivity contribution is 6.23. The number of aryl methyl sites for hydroxylation is 3. The Morgan fingerprint density at radius 1 is 0.864 bits per heavy atom. The maximum absolute atomic E-state index is 13.1. The number of aromatic nitrogens is 3. The SMILES string of the molecule is Cc1cccc(C)c1Nc1nn(C)c2cc(Nc3ccc4c(c3)CN(C(=O)COCCOCCNc3ccc5c(c3)C(=O)N(C3CCC(=O)NC3=O)C5=O)CC4)ncc12. The molecule has 3 aliphatic heterocycles. The number of amides is 5. The topological polar surface area (TPSA) is 189 Å². The van der Waals surface area contributed by atoms with Crippen molar-refractivity contribution in [1.82, 2.24) is 29.9 Å². The van der Waals surface area contributed by atoms with E-state index in [1.54, 1.807) is 23.1 Å². The molecule has 0 aliphatic carbocycles. The second-order valence-corrected chi connectivity index (χ2v) is 14.9. The third-order valence-corrected chi connectivity index (χ3v) is 10.9. The highest BCUT2D eigenvalue weighted by Crippen LogP contribution is 2.32. The summed E-state index contributed by atoms with van der Waals surface area (Å²) in [5.41, 5.74) is 8.44. The van der Waals surface area contributed by atoms with Crippen LogP contribution in [0.4, 0.5) is 28.7 Å². The number of para-hydroxylation sites is 1. The number of rotatable bonds is 14. The third-order valence-electron chi connectivity index (χ3n) is 10.9. The number of anilines is 5. The van der Waals surface area contributed by atoms with Gasteiger partial charge in [-0.2, -0.15) is 5.10 Å². The van der Waals surface area contributed by atoms with Gasteiger partial charge in [0.2, 0.25) is 17.7 Å². The standard InChI is InChI=1S/C43H45N9O7/c1-25-5-4-6-26(2)39(25)48-40-33-22-45-36(21-35(33)50(3)49-40)46-30-8-7-27-13-15-51(23-28(27)19-30)38(54)24-59-18-17-58-16-14-44-29-9-10-31-32(20-29)43(57)52(42(31)56)34-11-12-37(53)47-41(34)55/h4-10,19-22,34,44H,11-18,23-24H2,1-3H3,(H,45,46)(H,48,49)(H,47,53,55). The van der Waals surface area contributed by atoms with Gasteiger partial charge in [0.05, 0.1) is 41.9 Å². The van der Waals surface area contributed by atoms with Crippen molar-refractivity contribution in [3.63, 3.8) is 0 Å². The van der Waals surface area contributed by atoms with E-state index in [-0.39, 0.29) is 49.7 Å². The van der Waals surface area contributed by atoms with Gasteiger partial charge in [-0.3, -0.25) is 38.9 Å². The molecule has 16 nitrogen and oxygen atoms in total. The van der Waals surface area contributed by atoms with E-state index in [9.17, 15) is 24.0 Å². The van der Waals surface area contributed by atoms with Crippen molar-refractivity contribution < 1.29 is 33.4 Å². The zero-order valence-corrected chi connectivity index (χ0v) is 33.1. The number of ether oxygens (including phenoxy) is 2. The average Bonchev–Trinajstić information content (AvgIpc) is 3.66. The van der Waals surface area contributed by atoms with Crippen molar-refractivity contribution in [3.05, 3.63) is 100 Å². The largest absolute Gasteiger partial charge is 0.383 e. The molecule has 3 aromatic carbocycles. The third kappa shape index (κ3) is 8.22. The Balaban J connectivity index is 0.765. The van der Waals surface area contributed by atoms with Crippen LogP contribution in [0.5, 0.6) is 0 Å². The normalized spacial score (nSPS) is 16.3. The summed E-state index contributed by atoms with van der Waals surface area (Å²) in [6.45, 7) is 6.46. The molecule has 1 saturated heterocycles. The average molecular weight is 800 g/mol. The summed E-state index contributed by atoms with van der Waals surface area (Å²) in [6.07, 6.45) is 2.74. The molecule has 1 unspecified atom stereocenters. The van der Waals surface area contributed by atoms with Crippen molar-refractivity contribution in [2.75, 3.05) is 55.5 Å². The Labute approximate surface area is 340 Å². The number of nitrogens with zero attached hydrogens (tertiary/aromatic N) is 5. The maximum atomic E-state index is 13.1. The van der Waals surface area contributed by atoms with E-state index in [4.69, 9.17) is 19.6 Å². The first kappa shape index (κ1) is 39.2. The molecule has 0 bridgehead atoms. The first-order valence-corrected chi connectivity index (χ1v) is 19.6. The molecule has 5 aromatic rings. The lowest BCUT2D eigenvalue weighted by molar-refractivity contribution is -0.138. The first-order valence-electron chi connectivity index (χ1n) is 19.6. The van der Waals surface area contributed by atoms with Crippen LogP contribution in [0.25, 0.3) is 10.9 Å². The number of hydrogen-bond donors (Lipinski definition) is 4. The van der Waals surface area contributed by atoms with Crippen molar-refractivity contribution in [3.8, 4) is 0 Å². The fraction of sp³-hybridized carbons (Fsp3) is 0.326. The van der Waals surface area contributed by atoms with Crippen LogP contribution in [-0.2, 0) is 43.9 Å². The number of benzene rings is 3. The lowest BCUT2D eigenvalue weighted by atomic mass is 9.99. The summed E-state index contributed by atoms with van der Waals surface area (Å²) < 4.78 is 13.2. The molecule has 16 heteroatoms. The first-order chi connectivity index (χ1) is 28.5. The van der Waals surface area contributed by atoms with Gasteiger partial charge in [-0.1, -0.05) is 24.3 Å². The zero-order valence-electron chi connectivity index (χ0n) is 33.1. The molecule has 5 heterocycles. The second-order valence-electron chi connectivity index (χ2n) is 14.9. The van der Waals surface area contributed by atoms with Gasteiger partial charge in [-0.05, 0) is 79.3 Å². The molecular formula is C43H45N9O7. The van der Waals surface area contributed by atoms with Crippen LogP contribution in [0.1, 0.15) is 55.8 Å². The monoisotopic (exact) mass is 799 g/mol. The van der Waals surface area contributed by atoms with Gasteiger partial charge >= 0.3 is 0 Å². The molecule has 5 amide bonds. The number of carbonyl (C=O) groups excluding carboxylic acids is 5. The molecule has 1 fully saturated rings. The van der Waals surface area contributed by atoms with Crippen LogP contribution in [-0.4, -0.2) is 99.7 Å². The molecule has 2 aromatic heterocycles. The molecule has 0 spiro atoms. The smallest absolute Gasteiger partial charge is 0.262 e. The van der Waals surface area contributed by atoms with Gasteiger partial charge in [0, 0.05) is 62.4 Å². The predicted molar refractivity (Wildman–Crippen MR) is 220 cm³/mol. The Bertz CT molecular complexity index is 2480. The summed E-state index contributed by atoms with van der Waals surface area (Å²) in [5.74, 6) is -0.838. The molecule has 0 radical (unpaired) electrons. The van der Waals surface area contributed by atoms with E-state index in [1.807, 2.05) is 36.1 Å².